The molecule has 0 saturated carbocycles. The van der Waals surface area contributed by atoms with Crippen LogP contribution in [0.1, 0.15) is 22.9 Å². The fourth-order valence-electron chi connectivity index (χ4n) is 6.39. The van der Waals surface area contributed by atoms with Gasteiger partial charge < -0.3 is 9.73 Å². The molecule has 1 aliphatic heterocycles. The topological polar surface area (TPSA) is 62.8 Å². The van der Waals surface area contributed by atoms with Crippen LogP contribution in [0.25, 0.3) is 55.1 Å². The number of aliphatic imine (C=N–C) groups is 2. The first kappa shape index (κ1) is 27.0. The SMILES string of the molecule is c1ccc(C2=NC(c3ccc(-c4nccc5oc6ccc(-c7ccc8ccccc8c7)cc6c45)cc3)=NC(c3ccccc3)N2)cc1. The van der Waals surface area contributed by atoms with Gasteiger partial charge in [0.15, 0.2) is 5.84 Å². The van der Waals surface area contributed by atoms with Crippen molar-refractivity contribution in [2.45, 2.75) is 6.17 Å². The third-order valence-corrected chi connectivity index (χ3v) is 8.79. The zero-order chi connectivity index (χ0) is 31.2. The van der Waals surface area contributed by atoms with Crippen molar-refractivity contribution in [2.75, 3.05) is 0 Å². The van der Waals surface area contributed by atoms with E-state index in [1.165, 1.54) is 16.3 Å². The molecule has 1 aliphatic rings. The normalized spacial score (nSPS) is 14.6. The first-order chi connectivity index (χ1) is 23.3. The van der Waals surface area contributed by atoms with Crippen molar-refractivity contribution in [2.24, 2.45) is 9.98 Å². The second kappa shape index (κ2) is 11.2. The summed E-state index contributed by atoms with van der Waals surface area (Å²) in [5.41, 5.74) is 8.88. The number of nitrogens with zero attached hydrogens (tertiary/aromatic N) is 3. The maximum absolute atomic E-state index is 6.32. The molecule has 5 heteroatoms. The molecule has 0 radical (unpaired) electrons. The predicted octanol–water partition coefficient (Wildman–Crippen LogP) is 9.96. The Labute approximate surface area is 271 Å². The molecule has 1 atom stereocenters. The second-order valence-electron chi connectivity index (χ2n) is 11.7. The fourth-order valence-corrected chi connectivity index (χ4v) is 6.39. The fraction of sp³-hybridized carbons (Fsp3) is 0.0238. The van der Waals surface area contributed by atoms with Crippen LogP contribution in [0.3, 0.4) is 0 Å². The molecule has 47 heavy (non-hydrogen) atoms. The van der Waals surface area contributed by atoms with Gasteiger partial charge in [0.25, 0.3) is 0 Å². The largest absolute Gasteiger partial charge is 0.456 e. The van der Waals surface area contributed by atoms with Gasteiger partial charge in [-0.1, -0.05) is 127 Å². The van der Waals surface area contributed by atoms with E-state index in [9.17, 15) is 0 Å². The standard InChI is InChI=1S/C42H28N4O/c1-3-10-29(11-4-1)40-44-41(30-12-5-2-6-13-30)46-42(45-40)31-18-16-28(17-19-31)39-38-35-26-34(21-22-36(35)47-37(38)23-24-43-39)33-20-15-27-9-7-8-14-32(27)25-33/h1-26,40H,(H,44,45,46). The van der Waals surface area contributed by atoms with E-state index in [0.717, 1.165) is 61.3 Å². The van der Waals surface area contributed by atoms with Crippen molar-refractivity contribution < 1.29 is 4.42 Å². The molecule has 5 nitrogen and oxygen atoms in total. The van der Waals surface area contributed by atoms with Gasteiger partial charge in [0.2, 0.25) is 0 Å². The smallest absolute Gasteiger partial charge is 0.159 e. The van der Waals surface area contributed by atoms with E-state index >= 15 is 0 Å². The van der Waals surface area contributed by atoms with Gasteiger partial charge in [-0.25, -0.2) is 9.98 Å². The molecule has 0 bridgehead atoms. The summed E-state index contributed by atoms with van der Waals surface area (Å²) in [6.07, 6.45) is 1.57. The molecule has 8 aromatic rings. The van der Waals surface area contributed by atoms with Crippen LogP contribution >= 0.6 is 0 Å². The van der Waals surface area contributed by atoms with Gasteiger partial charge >= 0.3 is 0 Å². The van der Waals surface area contributed by atoms with E-state index in [4.69, 9.17) is 19.4 Å². The maximum atomic E-state index is 6.32. The molecule has 2 aromatic heterocycles. The van der Waals surface area contributed by atoms with E-state index in [2.05, 4.69) is 115 Å². The number of rotatable bonds is 5. The molecule has 0 spiro atoms. The van der Waals surface area contributed by atoms with Crippen LogP contribution in [0.2, 0.25) is 0 Å². The van der Waals surface area contributed by atoms with E-state index in [1.807, 2.05) is 48.7 Å². The molecule has 0 aliphatic carbocycles. The summed E-state index contributed by atoms with van der Waals surface area (Å²) in [6.45, 7) is 0. The zero-order valence-electron chi connectivity index (χ0n) is 25.3. The summed E-state index contributed by atoms with van der Waals surface area (Å²) in [4.78, 5) is 14.9. The Bertz CT molecular complexity index is 2480. The summed E-state index contributed by atoms with van der Waals surface area (Å²) in [7, 11) is 0. The van der Waals surface area contributed by atoms with Crippen molar-refractivity contribution in [1.29, 1.82) is 0 Å². The highest BCUT2D eigenvalue weighted by molar-refractivity contribution is 6.14. The van der Waals surface area contributed by atoms with Crippen LogP contribution in [0, 0.1) is 0 Å². The third-order valence-electron chi connectivity index (χ3n) is 8.79. The lowest BCUT2D eigenvalue weighted by atomic mass is 9.98. The summed E-state index contributed by atoms with van der Waals surface area (Å²) in [5.74, 6) is 1.48. The molecule has 0 amide bonds. The van der Waals surface area contributed by atoms with Crippen LogP contribution < -0.4 is 5.32 Å². The van der Waals surface area contributed by atoms with Crippen molar-refractivity contribution in [3.8, 4) is 22.4 Å². The van der Waals surface area contributed by atoms with Crippen LogP contribution in [0.4, 0.5) is 0 Å². The minimum Gasteiger partial charge on any atom is -0.456 e. The zero-order valence-corrected chi connectivity index (χ0v) is 25.3. The maximum Gasteiger partial charge on any atom is 0.159 e. The van der Waals surface area contributed by atoms with Crippen LogP contribution in [-0.4, -0.2) is 16.7 Å². The molecule has 0 saturated heterocycles. The highest BCUT2D eigenvalue weighted by atomic mass is 16.3. The Hall–Kier alpha value is -6.33. The summed E-state index contributed by atoms with van der Waals surface area (Å²) >= 11 is 0. The lowest BCUT2D eigenvalue weighted by Crippen LogP contribution is -2.33. The Kier molecular flexibility index (Phi) is 6.46. The van der Waals surface area contributed by atoms with Crippen LogP contribution in [0.5, 0.6) is 0 Å². The van der Waals surface area contributed by atoms with Crippen molar-refractivity contribution in [3.63, 3.8) is 0 Å². The highest BCUT2D eigenvalue weighted by Crippen LogP contribution is 2.38. The second-order valence-corrected chi connectivity index (χ2v) is 11.7. The van der Waals surface area contributed by atoms with Crippen LogP contribution in [-0.2, 0) is 0 Å². The van der Waals surface area contributed by atoms with Crippen molar-refractivity contribution >= 4 is 44.4 Å². The Morgan fingerprint density at radius 2 is 1.21 bits per heavy atom. The lowest BCUT2D eigenvalue weighted by molar-refractivity contribution is 0.668. The number of hydrogen-bond acceptors (Lipinski definition) is 5. The van der Waals surface area contributed by atoms with Gasteiger partial charge in [-0.15, -0.1) is 0 Å². The molecule has 0 fully saturated rings. The molecule has 1 N–H and O–H groups in total. The Morgan fingerprint density at radius 1 is 0.532 bits per heavy atom. The van der Waals surface area contributed by atoms with Gasteiger partial charge in [0, 0.05) is 28.3 Å². The van der Waals surface area contributed by atoms with Crippen molar-refractivity contribution in [1.82, 2.24) is 10.3 Å². The molecule has 3 heterocycles. The number of pyridine rings is 1. The number of nitrogens with one attached hydrogen (secondary N) is 1. The number of furan rings is 1. The lowest BCUT2D eigenvalue weighted by Gasteiger charge is -2.23. The van der Waals surface area contributed by atoms with E-state index in [1.54, 1.807) is 0 Å². The van der Waals surface area contributed by atoms with Crippen molar-refractivity contribution in [3.05, 3.63) is 175 Å². The van der Waals surface area contributed by atoms with Gasteiger partial charge in [-0.05, 0) is 51.7 Å². The van der Waals surface area contributed by atoms with Gasteiger partial charge in [-0.2, -0.15) is 0 Å². The number of hydrogen-bond donors (Lipinski definition) is 1. The number of aromatic nitrogens is 1. The first-order valence-electron chi connectivity index (χ1n) is 15.7. The average molecular weight is 605 g/mol. The number of fused-ring (bicyclic) bond motifs is 4. The number of amidine groups is 2. The summed E-state index contributed by atoms with van der Waals surface area (Å²) < 4.78 is 6.32. The van der Waals surface area contributed by atoms with Gasteiger partial charge in [-0.3, -0.25) is 4.98 Å². The van der Waals surface area contributed by atoms with Gasteiger partial charge in [0.1, 0.15) is 23.2 Å². The monoisotopic (exact) mass is 604 g/mol. The van der Waals surface area contributed by atoms with E-state index < -0.39 is 0 Å². The molecule has 9 rings (SSSR count). The third kappa shape index (κ3) is 4.95. The molecular formula is C42H28N4O. The van der Waals surface area contributed by atoms with Gasteiger partial charge in [0.05, 0.1) is 11.1 Å². The Morgan fingerprint density at radius 3 is 2.04 bits per heavy atom. The quantitative estimate of drug-likeness (QED) is 0.213. The minimum absolute atomic E-state index is 0.247. The summed E-state index contributed by atoms with van der Waals surface area (Å²) in [5, 5.41) is 8.03. The highest BCUT2D eigenvalue weighted by Gasteiger charge is 2.21. The number of benzene rings is 6. The molecular weight excluding hydrogens is 576 g/mol. The minimum atomic E-state index is -0.247. The molecule has 222 valence electrons. The first-order valence-corrected chi connectivity index (χ1v) is 15.7. The van der Waals surface area contributed by atoms with E-state index in [0.29, 0.717) is 5.84 Å². The molecule has 1 unspecified atom stereocenters. The van der Waals surface area contributed by atoms with E-state index in [-0.39, 0.29) is 6.17 Å². The Balaban J connectivity index is 1.11. The average Bonchev–Trinajstić information content (AvgIpc) is 3.53. The summed E-state index contributed by atoms with van der Waals surface area (Å²) in [6, 6.07) is 52.2. The molecule has 6 aromatic carbocycles. The van der Waals surface area contributed by atoms with Crippen LogP contribution in [0.15, 0.2) is 172 Å². The predicted molar refractivity (Wildman–Crippen MR) is 192 cm³/mol.